The zero-order valence-electron chi connectivity index (χ0n) is 18.1. The number of carbonyl (C=O) groups excluding carboxylic acids is 1. The van der Waals surface area contributed by atoms with Crippen LogP contribution in [0.5, 0.6) is 0 Å². The Bertz CT molecular complexity index is 1450. The van der Waals surface area contributed by atoms with Gasteiger partial charge in [0.05, 0.1) is 22.7 Å². The van der Waals surface area contributed by atoms with Crippen LogP contribution in [0.3, 0.4) is 0 Å². The number of amides is 1. The molecule has 0 saturated carbocycles. The van der Waals surface area contributed by atoms with E-state index in [4.69, 9.17) is 9.78 Å². The van der Waals surface area contributed by atoms with Gasteiger partial charge in [0.15, 0.2) is 5.60 Å². The third kappa shape index (κ3) is 4.38. The number of hydrogen-bond donors (Lipinski definition) is 2. The molecule has 1 heterocycles. The summed E-state index contributed by atoms with van der Waals surface area (Å²) in [5.74, 6) is -0.637. The minimum absolute atomic E-state index is 0.0319. The van der Waals surface area contributed by atoms with Gasteiger partial charge in [-0.25, -0.2) is 4.79 Å². The smallest absolute Gasteiger partial charge is 0.366 e. The second-order valence-electron chi connectivity index (χ2n) is 7.99. The first-order valence-electron chi connectivity index (χ1n) is 10.3. The summed E-state index contributed by atoms with van der Waals surface area (Å²) in [5.41, 5.74) is 1.01. The molecule has 4 rings (SSSR count). The Labute approximate surface area is 189 Å². The van der Waals surface area contributed by atoms with Crippen LogP contribution in [0.1, 0.15) is 27.9 Å². The van der Waals surface area contributed by atoms with E-state index in [1.807, 2.05) is 37.3 Å². The maximum absolute atomic E-state index is 13.4. The largest absolute Gasteiger partial charge is 0.375 e. The molecule has 4 aromatic rings. The van der Waals surface area contributed by atoms with E-state index < -0.39 is 17.1 Å². The van der Waals surface area contributed by atoms with Gasteiger partial charge in [-0.2, -0.15) is 5.26 Å². The molecule has 7 nitrogen and oxygen atoms in total. The first kappa shape index (κ1) is 21.9. The lowest BCUT2D eigenvalue weighted by Gasteiger charge is -2.28. The number of aryl methyl sites for hydroxylation is 2. The van der Waals surface area contributed by atoms with Crippen molar-refractivity contribution >= 4 is 22.4 Å². The Balaban J connectivity index is 1.74. The van der Waals surface area contributed by atoms with E-state index in [2.05, 4.69) is 10.5 Å². The molecule has 0 fully saturated rings. The molecule has 3 aromatic carbocycles. The van der Waals surface area contributed by atoms with E-state index in [1.165, 1.54) is 0 Å². The number of hydrogen-bond acceptors (Lipinski definition) is 6. The number of nitrogens with one attached hydrogen (secondary N) is 1. The average molecular weight is 439 g/mol. The van der Waals surface area contributed by atoms with Crippen molar-refractivity contribution in [2.24, 2.45) is 0 Å². The summed E-state index contributed by atoms with van der Waals surface area (Å²) >= 11 is 0. The van der Waals surface area contributed by atoms with Crippen LogP contribution in [0.4, 0.5) is 5.69 Å². The first-order valence-corrected chi connectivity index (χ1v) is 10.3. The van der Waals surface area contributed by atoms with Gasteiger partial charge in [0.1, 0.15) is 0 Å². The van der Waals surface area contributed by atoms with Crippen molar-refractivity contribution in [1.29, 1.82) is 5.26 Å². The SMILES string of the molecule is Cc1cccc(CC(O)(C(=O)Nc2ccc3c(=O)onc(C)c3c2)c2ccc(C#N)cc2)c1. The van der Waals surface area contributed by atoms with E-state index in [0.29, 0.717) is 33.3 Å². The molecule has 0 saturated heterocycles. The number of anilines is 1. The number of benzene rings is 3. The third-order valence-electron chi connectivity index (χ3n) is 5.56. The molecule has 0 spiro atoms. The second-order valence-corrected chi connectivity index (χ2v) is 7.99. The van der Waals surface area contributed by atoms with Crippen molar-refractivity contribution in [3.05, 3.63) is 105 Å². The van der Waals surface area contributed by atoms with Gasteiger partial charge < -0.3 is 14.9 Å². The monoisotopic (exact) mass is 439 g/mol. The van der Waals surface area contributed by atoms with Gasteiger partial charge in [0.2, 0.25) is 0 Å². The van der Waals surface area contributed by atoms with Crippen LogP contribution in [0.25, 0.3) is 10.8 Å². The Morgan fingerprint density at radius 2 is 1.85 bits per heavy atom. The summed E-state index contributed by atoms with van der Waals surface area (Å²) in [4.78, 5) is 25.4. The molecule has 2 N–H and O–H groups in total. The molecular weight excluding hydrogens is 418 g/mol. The fourth-order valence-corrected chi connectivity index (χ4v) is 3.79. The summed E-state index contributed by atoms with van der Waals surface area (Å²) in [5, 5.41) is 28.2. The summed E-state index contributed by atoms with van der Waals surface area (Å²) in [6.45, 7) is 3.63. The molecule has 0 aliphatic heterocycles. The van der Waals surface area contributed by atoms with Crippen molar-refractivity contribution in [3.63, 3.8) is 0 Å². The van der Waals surface area contributed by atoms with Crippen molar-refractivity contribution in [2.45, 2.75) is 25.9 Å². The summed E-state index contributed by atoms with van der Waals surface area (Å²) in [6.07, 6.45) is 0.0319. The van der Waals surface area contributed by atoms with Crippen LogP contribution in [0.15, 0.2) is 76.0 Å². The molecule has 0 aliphatic carbocycles. The standard InChI is InChI=1S/C26H21N3O4/c1-16-4-3-5-19(12-16)14-26(32,20-8-6-18(15-27)7-9-20)25(31)28-21-10-11-22-23(13-21)17(2)29-33-24(22)30/h3-13,32H,14H2,1-2H3,(H,28,31). The number of carbonyl (C=O) groups is 1. The Morgan fingerprint density at radius 3 is 2.55 bits per heavy atom. The Morgan fingerprint density at radius 1 is 1.09 bits per heavy atom. The highest BCUT2D eigenvalue weighted by Gasteiger charge is 2.38. The molecule has 1 unspecified atom stereocenters. The normalized spacial score (nSPS) is 12.7. The van der Waals surface area contributed by atoms with E-state index in [1.54, 1.807) is 49.4 Å². The predicted octanol–water partition coefficient (Wildman–Crippen LogP) is 3.75. The van der Waals surface area contributed by atoms with Gasteiger partial charge in [0, 0.05) is 17.5 Å². The number of nitriles is 1. The molecule has 0 aliphatic rings. The maximum atomic E-state index is 13.4. The van der Waals surface area contributed by atoms with E-state index in [-0.39, 0.29) is 6.42 Å². The van der Waals surface area contributed by atoms with E-state index in [9.17, 15) is 14.7 Å². The van der Waals surface area contributed by atoms with Crippen LogP contribution >= 0.6 is 0 Å². The molecule has 7 heteroatoms. The van der Waals surface area contributed by atoms with E-state index in [0.717, 1.165) is 11.1 Å². The molecule has 0 bridgehead atoms. The van der Waals surface area contributed by atoms with Gasteiger partial charge in [-0.1, -0.05) is 47.1 Å². The van der Waals surface area contributed by atoms with Crippen molar-refractivity contribution < 1.29 is 14.4 Å². The van der Waals surface area contributed by atoms with Crippen LogP contribution in [-0.4, -0.2) is 16.2 Å². The lowest BCUT2D eigenvalue weighted by Crippen LogP contribution is -2.42. The minimum atomic E-state index is -1.90. The number of fused-ring (bicyclic) bond motifs is 1. The highest BCUT2D eigenvalue weighted by molar-refractivity contribution is 6.00. The van der Waals surface area contributed by atoms with Gasteiger partial charge >= 0.3 is 5.63 Å². The lowest BCUT2D eigenvalue weighted by molar-refractivity contribution is -0.135. The van der Waals surface area contributed by atoms with Gasteiger partial charge in [-0.15, -0.1) is 0 Å². The Kier molecular flexibility index (Phi) is 5.78. The first-order chi connectivity index (χ1) is 15.8. The van der Waals surface area contributed by atoms with Crippen LogP contribution in [0, 0.1) is 25.2 Å². The summed E-state index contributed by atoms with van der Waals surface area (Å²) in [7, 11) is 0. The predicted molar refractivity (Wildman–Crippen MR) is 124 cm³/mol. The Hall–Kier alpha value is -4.28. The van der Waals surface area contributed by atoms with Gasteiger partial charge in [-0.05, 0) is 55.3 Å². The van der Waals surface area contributed by atoms with Crippen molar-refractivity contribution in [2.75, 3.05) is 5.32 Å². The van der Waals surface area contributed by atoms with Crippen molar-refractivity contribution in [3.8, 4) is 6.07 Å². The summed E-state index contributed by atoms with van der Waals surface area (Å²) in [6, 6.07) is 20.6. The number of aromatic nitrogens is 1. The zero-order chi connectivity index (χ0) is 23.6. The van der Waals surface area contributed by atoms with Crippen LogP contribution in [-0.2, 0) is 16.8 Å². The van der Waals surface area contributed by atoms with Crippen molar-refractivity contribution in [1.82, 2.24) is 5.16 Å². The fraction of sp³-hybridized carbons (Fsp3) is 0.154. The molecular formula is C26H21N3O4. The topological polar surface area (TPSA) is 116 Å². The molecule has 33 heavy (non-hydrogen) atoms. The molecule has 0 radical (unpaired) electrons. The van der Waals surface area contributed by atoms with Gasteiger partial charge in [0.25, 0.3) is 5.91 Å². The number of rotatable bonds is 5. The average Bonchev–Trinajstić information content (AvgIpc) is 2.81. The van der Waals surface area contributed by atoms with Crippen LogP contribution < -0.4 is 10.9 Å². The third-order valence-corrected chi connectivity index (χ3v) is 5.56. The second kappa shape index (κ2) is 8.69. The minimum Gasteiger partial charge on any atom is -0.375 e. The lowest BCUT2D eigenvalue weighted by atomic mass is 9.85. The number of nitrogens with zero attached hydrogens (tertiary/aromatic N) is 2. The molecule has 164 valence electrons. The highest BCUT2D eigenvalue weighted by Crippen LogP contribution is 2.29. The van der Waals surface area contributed by atoms with Gasteiger partial charge in [-0.3, -0.25) is 4.79 Å². The maximum Gasteiger partial charge on any atom is 0.366 e. The molecule has 1 aromatic heterocycles. The fourth-order valence-electron chi connectivity index (χ4n) is 3.79. The molecule has 1 atom stereocenters. The number of aliphatic hydroxyl groups is 1. The van der Waals surface area contributed by atoms with E-state index >= 15 is 0 Å². The quantitative estimate of drug-likeness (QED) is 0.489. The zero-order valence-corrected chi connectivity index (χ0v) is 18.1. The summed E-state index contributed by atoms with van der Waals surface area (Å²) < 4.78 is 4.74. The van der Waals surface area contributed by atoms with Crippen LogP contribution in [0.2, 0.25) is 0 Å². The highest BCUT2D eigenvalue weighted by atomic mass is 16.5. The molecule has 1 amide bonds.